The number of benzene rings is 3. The highest BCUT2D eigenvalue weighted by Crippen LogP contribution is 2.29. The molecule has 0 aromatic heterocycles. The van der Waals surface area contributed by atoms with Gasteiger partial charge in [-0.25, -0.2) is 4.79 Å². The first-order chi connectivity index (χ1) is 13.4. The van der Waals surface area contributed by atoms with Gasteiger partial charge in [-0.15, -0.1) is 0 Å². The SMILES string of the molecule is CC(=O)Nc1ccc(C(=O)[C@H](C)OC(=O)c2ccc3ccccc3c2O)cc1. The third kappa shape index (κ3) is 4.01. The second-order valence-electron chi connectivity index (χ2n) is 6.35. The Morgan fingerprint density at radius 2 is 1.64 bits per heavy atom. The van der Waals surface area contributed by atoms with Crippen LogP contribution in [0.25, 0.3) is 10.8 Å². The van der Waals surface area contributed by atoms with Crippen molar-refractivity contribution in [3.63, 3.8) is 0 Å². The highest BCUT2D eigenvalue weighted by atomic mass is 16.5. The summed E-state index contributed by atoms with van der Waals surface area (Å²) in [4.78, 5) is 36.0. The number of fused-ring (bicyclic) bond motifs is 1. The summed E-state index contributed by atoms with van der Waals surface area (Å²) >= 11 is 0. The molecule has 3 rings (SSSR count). The van der Waals surface area contributed by atoms with Gasteiger partial charge in [0.25, 0.3) is 0 Å². The van der Waals surface area contributed by atoms with Crippen molar-refractivity contribution >= 4 is 34.1 Å². The molecule has 0 aliphatic carbocycles. The molecule has 0 bridgehead atoms. The van der Waals surface area contributed by atoms with E-state index in [1.165, 1.54) is 19.9 Å². The lowest BCUT2D eigenvalue weighted by atomic mass is 10.0. The van der Waals surface area contributed by atoms with E-state index in [-0.39, 0.29) is 23.0 Å². The van der Waals surface area contributed by atoms with Gasteiger partial charge >= 0.3 is 5.97 Å². The van der Waals surface area contributed by atoms with E-state index in [1.54, 1.807) is 42.5 Å². The van der Waals surface area contributed by atoms with Gasteiger partial charge < -0.3 is 15.2 Å². The Bertz CT molecular complexity index is 1060. The summed E-state index contributed by atoms with van der Waals surface area (Å²) in [6.45, 7) is 2.86. The van der Waals surface area contributed by atoms with Crippen molar-refractivity contribution in [2.24, 2.45) is 0 Å². The number of carbonyl (C=O) groups is 3. The fourth-order valence-electron chi connectivity index (χ4n) is 2.85. The maximum absolute atomic E-state index is 12.5. The van der Waals surface area contributed by atoms with Crippen molar-refractivity contribution in [1.29, 1.82) is 0 Å². The van der Waals surface area contributed by atoms with E-state index in [0.717, 1.165) is 5.39 Å². The van der Waals surface area contributed by atoms with Crippen molar-refractivity contribution in [3.05, 3.63) is 71.8 Å². The maximum atomic E-state index is 12.5. The molecule has 3 aromatic carbocycles. The second-order valence-corrected chi connectivity index (χ2v) is 6.35. The molecule has 142 valence electrons. The van der Waals surface area contributed by atoms with Crippen molar-refractivity contribution in [1.82, 2.24) is 0 Å². The number of esters is 1. The van der Waals surface area contributed by atoms with Crippen LogP contribution in [-0.2, 0) is 9.53 Å². The van der Waals surface area contributed by atoms with E-state index < -0.39 is 12.1 Å². The molecule has 0 unspecified atom stereocenters. The Kier molecular flexibility index (Phi) is 5.40. The third-order valence-corrected chi connectivity index (χ3v) is 4.26. The van der Waals surface area contributed by atoms with Crippen molar-refractivity contribution < 1.29 is 24.2 Å². The minimum Gasteiger partial charge on any atom is -0.506 e. The molecule has 3 aromatic rings. The predicted molar refractivity (Wildman–Crippen MR) is 106 cm³/mol. The summed E-state index contributed by atoms with van der Waals surface area (Å²) in [5.74, 6) is -1.55. The predicted octanol–water partition coefficient (Wildman–Crippen LogP) is 3.93. The second kappa shape index (κ2) is 7.92. The number of anilines is 1. The summed E-state index contributed by atoms with van der Waals surface area (Å²) in [6, 6.07) is 16.6. The molecule has 0 spiro atoms. The van der Waals surface area contributed by atoms with Crippen LogP contribution < -0.4 is 5.32 Å². The van der Waals surface area contributed by atoms with E-state index in [1.807, 2.05) is 12.1 Å². The molecule has 28 heavy (non-hydrogen) atoms. The minimum absolute atomic E-state index is 0.000596. The highest BCUT2D eigenvalue weighted by Gasteiger charge is 2.23. The number of phenols is 1. The molecule has 0 aliphatic rings. The quantitative estimate of drug-likeness (QED) is 0.519. The Labute approximate surface area is 161 Å². The molecule has 0 saturated carbocycles. The third-order valence-electron chi connectivity index (χ3n) is 4.26. The lowest BCUT2D eigenvalue weighted by Gasteiger charge is -2.14. The maximum Gasteiger partial charge on any atom is 0.342 e. The lowest BCUT2D eigenvalue weighted by molar-refractivity contribution is -0.114. The number of Topliss-reactive ketones (excluding diaryl/α,β-unsaturated/α-hetero) is 1. The first-order valence-electron chi connectivity index (χ1n) is 8.70. The molecule has 6 heteroatoms. The number of rotatable bonds is 5. The van der Waals surface area contributed by atoms with Gasteiger partial charge in [0.1, 0.15) is 11.3 Å². The lowest BCUT2D eigenvalue weighted by Crippen LogP contribution is -2.24. The number of amides is 1. The zero-order chi connectivity index (χ0) is 20.3. The fraction of sp³-hybridized carbons (Fsp3) is 0.136. The fourth-order valence-corrected chi connectivity index (χ4v) is 2.85. The minimum atomic E-state index is -1.04. The van der Waals surface area contributed by atoms with Gasteiger partial charge in [-0.1, -0.05) is 30.3 Å². The molecular formula is C22H19NO5. The van der Waals surface area contributed by atoms with Crippen molar-refractivity contribution in [2.75, 3.05) is 5.32 Å². The van der Waals surface area contributed by atoms with E-state index in [0.29, 0.717) is 16.6 Å². The summed E-state index contributed by atoms with van der Waals surface area (Å²) in [5, 5.41) is 14.3. The number of hydrogen-bond acceptors (Lipinski definition) is 5. The van der Waals surface area contributed by atoms with Crippen molar-refractivity contribution in [3.8, 4) is 5.75 Å². The number of hydrogen-bond donors (Lipinski definition) is 2. The summed E-state index contributed by atoms with van der Waals surface area (Å²) in [6.07, 6.45) is -1.04. The Balaban J connectivity index is 1.74. The molecule has 1 amide bonds. The first-order valence-corrected chi connectivity index (χ1v) is 8.70. The Morgan fingerprint density at radius 3 is 2.32 bits per heavy atom. The molecule has 0 radical (unpaired) electrons. The van der Waals surface area contributed by atoms with Gasteiger partial charge in [0, 0.05) is 23.6 Å². The van der Waals surface area contributed by atoms with Crippen LogP contribution in [0.2, 0.25) is 0 Å². The van der Waals surface area contributed by atoms with Crippen LogP contribution in [0.4, 0.5) is 5.69 Å². The standard InChI is InChI=1S/C22H19NO5/c1-13(20(25)16-7-10-17(11-8-16)23-14(2)24)28-22(27)19-12-9-15-5-3-4-6-18(15)21(19)26/h3-13,26H,1-2H3,(H,23,24)/t13-/m0/s1. The topological polar surface area (TPSA) is 92.7 Å². The van der Waals surface area contributed by atoms with E-state index in [2.05, 4.69) is 5.32 Å². The van der Waals surface area contributed by atoms with Crippen LogP contribution in [0.3, 0.4) is 0 Å². The molecule has 0 aliphatic heterocycles. The zero-order valence-electron chi connectivity index (χ0n) is 15.4. The number of nitrogens with one attached hydrogen (secondary N) is 1. The number of carbonyl (C=O) groups excluding carboxylic acids is 3. The molecule has 2 N–H and O–H groups in total. The summed E-state index contributed by atoms with van der Waals surface area (Å²) < 4.78 is 5.26. The van der Waals surface area contributed by atoms with E-state index in [4.69, 9.17) is 4.74 Å². The monoisotopic (exact) mass is 377 g/mol. The van der Waals surface area contributed by atoms with Gasteiger partial charge in [-0.2, -0.15) is 0 Å². The molecule has 6 nitrogen and oxygen atoms in total. The number of phenolic OH excluding ortho intramolecular Hbond substituents is 1. The summed E-state index contributed by atoms with van der Waals surface area (Å²) in [5.41, 5.74) is 0.909. The Morgan fingerprint density at radius 1 is 0.964 bits per heavy atom. The zero-order valence-corrected chi connectivity index (χ0v) is 15.4. The average molecular weight is 377 g/mol. The largest absolute Gasteiger partial charge is 0.506 e. The van der Waals surface area contributed by atoms with Gasteiger partial charge in [0.2, 0.25) is 11.7 Å². The molecule has 0 saturated heterocycles. The molecular weight excluding hydrogens is 358 g/mol. The van der Waals surface area contributed by atoms with Crippen LogP contribution in [0.5, 0.6) is 5.75 Å². The number of ketones is 1. The van der Waals surface area contributed by atoms with E-state index in [9.17, 15) is 19.5 Å². The number of ether oxygens (including phenoxy) is 1. The van der Waals surface area contributed by atoms with Crippen LogP contribution in [0, 0.1) is 0 Å². The van der Waals surface area contributed by atoms with Gasteiger partial charge in [-0.05, 0) is 42.6 Å². The van der Waals surface area contributed by atoms with Crippen LogP contribution >= 0.6 is 0 Å². The van der Waals surface area contributed by atoms with Gasteiger partial charge in [-0.3, -0.25) is 9.59 Å². The smallest absolute Gasteiger partial charge is 0.342 e. The van der Waals surface area contributed by atoms with Gasteiger partial charge in [0.05, 0.1) is 0 Å². The number of aromatic hydroxyl groups is 1. The van der Waals surface area contributed by atoms with E-state index >= 15 is 0 Å². The van der Waals surface area contributed by atoms with Crippen LogP contribution in [0.15, 0.2) is 60.7 Å². The first kappa shape index (κ1) is 19.1. The van der Waals surface area contributed by atoms with Crippen LogP contribution in [0.1, 0.15) is 34.6 Å². The Hall–Kier alpha value is -3.67. The van der Waals surface area contributed by atoms with Crippen LogP contribution in [-0.4, -0.2) is 28.9 Å². The molecule has 1 atom stereocenters. The molecule has 0 fully saturated rings. The van der Waals surface area contributed by atoms with Gasteiger partial charge in [0.15, 0.2) is 6.10 Å². The summed E-state index contributed by atoms with van der Waals surface area (Å²) in [7, 11) is 0. The average Bonchev–Trinajstić information content (AvgIpc) is 2.68. The molecule has 0 heterocycles. The normalized spacial score (nSPS) is 11.6. The van der Waals surface area contributed by atoms with Crippen molar-refractivity contribution in [2.45, 2.75) is 20.0 Å². The highest BCUT2D eigenvalue weighted by molar-refractivity contribution is 6.04.